The van der Waals surface area contributed by atoms with E-state index in [1.165, 1.54) is 4.68 Å². The summed E-state index contributed by atoms with van der Waals surface area (Å²) in [5.74, 6) is 1.09. The zero-order valence-electron chi connectivity index (χ0n) is 15.5. The molecule has 27 heavy (non-hydrogen) atoms. The van der Waals surface area contributed by atoms with Crippen molar-refractivity contribution in [3.05, 3.63) is 74.0 Å². The number of hydrogen-bond donors (Lipinski definition) is 1. The van der Waals surface area contributed by atoms with Crippen molar-refractivity contribution in [2.75, 3.05) is 14.2 Å². The predicted molar refractivity (Wildman–Crippen MR) is 109 cm³/mol. The van der Waals surface area contributed by atoms with Gasteiger partial charge in [-0.25, -0.2) is 4.68 Å². The van der Waals surface area contributed by atoms with Crippen LogP contribution in [-0.2, 0) is 0 Å². The number of H-pyrrole nitrogens is 1. The van der Waals surface area contributed by atoms with Crippen LogP contribution in [0, 0.1) is 0 Å². The van der Waals surface area contributed by atoms with Gasteiger partial charge in [0.05, 0.1) is 35.5 Å². The predicted octanol–water partition coefficient (Wildman–Crippen LogP) is 2.86. The zero-order valence-corrected chi connectivity index (χ0v) is 16.2. The first kappa shape index (κ1) is 18.9. The molecule has 0 atom stereocenters. The largest absolute Gasteiger partial charge is 0.493 e. The first-order valence-electron chi connectivity index (χ1n) is 8.59. The maximum absolute atomic E-state index is 13.0. The monoisotopic (exact) mass is 384 g/mol. The molecule has 0 aliphatic rings. The lowest BCUT2D eigenvalue weighted by molar-refractivity contribution is 0.355. The van der Waals surface area contributed by atoms with Crippen molar-refractivity contribution in [1.82, 2.24) is 9.78 Å². The normalized spacial score (nSPS) is 12.4. The molecule has 140 valence electrons. The fraction of sp³-hybridized carbons (Fsp3) is 0.190. The van der Waals surface area contributed by atoms with Crippen LogP contribution < -0.4 is 25.6 Å². The van der Waals surface area contributed by atoms with Crippen molar-refractivity contribution in [2.45, 2.75) is 13.3 Å². The van der Waals surface area contributed by atoms with Gasteiger partial charge < -0.3 is 9.47 Å². The second-order valence-corrected chi connectivity index (χ2v) is 6.31. The molecule has 0 spiro atoms. The highest BCUT2D eigenvalue weighted by molar-refractivity contribution is 6.32. The maximum Gasteiger partial charge on any atom is 0.279 e. The van der Waals surface area contributed by atoms with Gasteiger partial charge in [0.25, 0.3) is 5.56 Å². The lowest BCUT2D eigenvalue weighted by Gasteiger charge is -2.09. The Morgan fingerprint density at radius 3 is 2.41 bits per heavy atom. The van der Waals surface area contributed by atoms with E-state index in [0.717, 1.165) is 17.5 Å². The van der Waals surface area contributed by atoms with E-state index >= 15 is 0 Å². The average Bonchev–Trinajstić information content (AvgIpc) is 2.99. The molecule has 1 heterocycles. The van der Waals surface area contributed by atoms with Gasteiger partial charge >= 0.3 is 0 Å². The van der Waals surface area contributed by atoms with Crippen LogP contribution in [0.1, 0.15) is 18.9 Å². The number of nitrogens with zero attached hydrogens (tertiary/aromatic N) is 1. The topological polar surface area (TPSA) is 56.2 Å². The Morgan fingerprint density at radius 1 is 1.11 bits per heavy atom. The summed E-state index contributed by atoms with van der Waals surface area (Å²) < 4.78 is 12.1. The van der Waals surface area contributed by atoms with E-state index in [-0.39, 0.29) is 5.56 Å². The lowest BCUT2D eigenvalue weighted by atomic mass is 10.1. The van der Waals surface area contributed by atoms with Gasteiger partial charge in [0.2, 0.25) is 0 Å². The minimum atomic E-state index is -0.147. The Bertz CT molecular complexity index is 1110. The molecule has 0 aliphatic heterocycles. The van der Waals surface area contributed by atoms with Crippen molar-refractivity contribution in [3.63, 3.8) is 0 Å². The highest BCUT2D eigenvalue weighted by atomic mass is 35.5. The van der Waals surface area contributed by atoms with Gasteiger partial charge in [0.1, 0.15) is 0 Å². The molecule has 1 N–H and O–H groups in total. The van der Waals surface area contributed by atoms with Gasteiger partial charge in [-0.3, -0.25) is 9.89 Å². The smallest absolute Gasteiger partial charge is 0.279 e. The van der Waals surface area contributed by atoms with Crippen LogP contribution in [0.2, 0.25) is 5.02 Å². The third kappa shape index (κ3) is 3.78. The third-order valence-electron chi connectivity index (χ3n) is 4.18. The van der Waals surface area contributed by atoms with Gasteiger partial charge in [-0.2, -0.15) is 0 Å². The molecule has 0 saturated heterocycles. The second-order valence-electron chi connectivity index (χ2n) is 5.90. The van der Waals surface area contributed by atoms with E-state index in [0.29, 0.717) is 27.3 Å². The van der Waals surface area contributed by atoms with Gasteiger partial charge in [-0.15, -0.1) is 0 Å². The quantitative estimate of drug-likeness (QED) is 0.736. The Balaban J connectivity index is 2.27. The number of para-hydroxylation sites is 1. The van der Waals surface area contributed by atoms with E-state index in [2.05, 4.69) is 5.10 Å². The molecule has 0 bridgehead atoms. The molecule has 5 nitrogen and oxygen atoms in total. The van der Waals surface area contributed by atoms with Crippen molar-refractivity contribution >= 4 is 23.8 Å². The highest BCUT2D eigenvalue weighted by Crippen LogP contribution is 2.33. The Kier molecular flexibility index (Phi) is 5.72. The fourth-order valence-corrected chi connectivity index (χ4v) is 3.07. The molecule has 3 rings (SSSR count). The second kappa shape index (κ2) is 8.18. The van der Waals surface area contributed by atoms with Crippen LogP contribution in [-0.4, -0.2) is 24.0 Å². The molecule has 6 heteroatoms. The van der Waals surface area contributed by atoms with Crippen LogP contribution in [0.15, 0.2) is 47.3 Å². The molecule has 2 aromatic carbocycles. The van der Waals surface area contributed by atoms with Crippen molar-refractivity contribution in [3.8, 4) is 17.2 Å². The summed E-state index contributed by atoms with van der Waals surface area (Å²) in [6.07, 6.45) is 4.53. The highest BCUT2D eigenvalue weighted by Gasteiger charge is 2.10. The molecule has 3 aromatic rings. The molecule has 0 amide bonds. The Labute approximate surface area is 162 Å². The number of ether oxygens (including phenoxy) is 2. The molecule has 0 aliphatic carbocycles. The first-order chi connectivity index (χ1) is 13.1. The average molecular weight is 385 g/mol. The third-order valence-corrected chi connectivity index (χ3v) is 4.51. The van der Waals surface area contributed by atoms with Gasteiger partial charge in [0, 0.05) is 6.07 Å². The summed E-state index contributed by atoms with van der Waals surface area (Å²) >= 11 is 6.40. The summed E-state index contributed by atoms with van der Waals surface area (Å²) in [5, 5.41) is 4.93. The number of aromatic amines is 1. The van der Waals surface area contributed by atoms with Crippen LogP contribution in [0.4, 0.5) is 0 Å². The van der Waals surface area contributed by atoms with E-state index in [4.69, 9.17) is 21.1 Å². The van der Waals surface area contributed by atoms with Crippen molar-refractivity contribution in [2.24, 2.45) is 0 Å². The molecule has 0 unspecified atom stereocenters. The fourth-order valence-electron chi connectivity index (χ4n) is 2.86. The minimum absolute atomic E-state index is 0.147. The van der Waals surface area contributed by atoms with E-state index in [9.17, 15) is 4.79 Å². The summed E-state index contributed by atoms with van der Waals surface area (Å²) in [4.78, 5) is 13.0. The SMILES string of the molecule is CCC=c1[nH]n(-c2ccccc2)c(=O)c1=Cc1cc(OC)c(OC)cc1Cl. The molecular weight excluding hydrogens is 364 g/mol. The number of halogens is 1. The number of rotatable bonds is 5. The Morgan fingerprint density at radius 2 is 1.78 bits per heavy atom. The van der Waals surface area contributed by atoms with Crippen LogP contribution in [0.25, 0.3) is 17.8 Å². The summed E-state index contributed by atoms with van der Waals surface area (Å²) in [6.45, 7) is 2.02. The molecule has 0 radical (unpaired) electrons. The molecule has 0 saturated carbocycles. The standard InChI is InChI=1S/C21H21ClN2O3/c1-4-8-18-16(21(25)24(23-18)15-9-6-5-7-10-15)11-14-12-19(26-2)20(27-3)13-17(14)22/h5-13,23H,4H2,1-3H3. The number of hydrogen-bond acceptors (Lipinski definition) is 3. The van der Waals surface area contributed by atoms with Gasteiger partial charge in [0.15, 0.2) is 11.5 Å². The van der Waals surface area contributed by atoms with E-state index in [1.807, 2.05) is 43.3 Å². The molecule has 0 fully saturated rings. The number of benzene rings is 2. The lowest BCUT2D eigenvalue weighted by Crippen LogP contribution is -2.34. The maximum atomic E-state index is 13.0. The number of methoxy groups -OCH3 is 2. The minimum Gasteiger partial charge on any atom is -0.493 e. The zero-order chi connectivity index (χ0) is 19.4. The van der Waals surface area contributed by atoms with Gasteiger partial charge in [-0.05, 0) is 36.3 Å². The van der Waals surface area contributed by atoms with Crippen molar-refractivity contribution in [1.29, 1.82) is 0 Å². The number of nitrogens with one attached hydrogen (secondary N) is 1. The van der Waals surface area contributed by atoms with Crippen molar-refractivity contribution < 1.29 is 9.47 Å². The van der Waals surface area contributed by atoms with Crippen LogP contribution >= 0.6 is 11.6 Å². The molecular formula is C21H21ClN2O3. The summed E-state index contributed by atoms with van der Waals surface area (Å²) in [7, 11) is 3.11. The first-order valence-corrected chi connectivity index (χ1v) is 8.96. The summed E-state index contributed by atoms with van der Waals surface area (Å²) in [5.41, 5.74) is 1.30. The number of aromatic nitrogens is 2. The summed E-state index contributed by atoms with van der Waals surface area (Å²) in [6, 6.07) is 12.9. The Hall–Kier alpha value is -2.92. The van der Waals surface area contributed by atoms with Crippen LogP contribution in [0.3, 0.4) is 0 Å². The van der Waals surface area contributed by atoms with Crippen LogP contribution in [0.5, 0.6) is 11.5 Å². The van der Waals surface area contributed by atoms with Gasteiger partial charge in [-0.1, -0.05) is 42.8 Å². The molecule has 1 aromatic heterocycles. The van der Waals surface area contributed by atoms with E-state index in [1.54, 1.807) is 32.4 Å². The van der Waals surface area contributed by atoms with E-state index < -0.39 is 0 Å².